The third kappa shape index (κ3) is 6.21. The number of sulfone groups is 1. The SMILES string of the molecule is CS(=O)(=O)Cc1ccc(C(=O)OCC(=O)Nc2ccc3c(c2)OCCCO3)cc1. The van der Waals surface area contributed by atoms with E-state index in [1.807, 2.05) is 0 Å². The Hall–Kier alpha value is -3.07. The van der Waals surface area contributed by atoms with Crippen molar-refractivity contribution in [1.82, 2.24) is 0 Å². The van der Waals surface area contributed by atoms with Gasteiger partial charge in [-0.15, -0.1) is 0 Å². The molecular weight excluding hydrogens is 398 g/mol. The summed E-state index contributed by atoms with van der Waals surface area (Å²) in [7, 11) is -3.16. The Morgan fingerprint density at radius 3 is 2.41 bits per heavy atom. The van der Waals surface area contributed by atoms with Gasteiger partial charge in [-0.05, 0) is 29.8 Å². The predicted molar refractivity (Wildman–Crippen MR) is 106 cm³/mol. The molecule has 154 valence electrons. The summed E-state index contributed by atoms with van der Waals surface area (Å²) in [6, 6.07) is 11.0. The van der Waals surface area contributed by atoms with Gasteiger partial charge in [0.2, 0.25) is 0 Å². The highest BCUT2D eigenvalue weighted by atomic mass is 32.2. The molecule has 1 aliphatic rings. The minimum absolute atomic E-state index is 0.111. The van der Waals surface area contributed by atoms with Gasteiger partial charge in [0.25, 0.3) is 5.91 Å². The van der Waals surface area contributed by atoms with Crippen molar-refractivity contribution in [2.75, 3.05) is 31.4 Å². The van der Waals surface area contributed by atoms with Crippen LogP contribution in [0.1, 0.15) is 22.3 Å². The molecule has 1 aliphatic heterocycles. The summed E-state index contributed by atoms with van der Waals surface area (Å²) >= 11 is 0. The molecule has 3 rings (SSSR count). The fourth-order valence-electron chi connectivity index (χ4n) is 2.69. The largest absolute Gasteiger partial charge is 0.490 e. The van der Waals surface area contributed by atoms with Gasteiger partial charge in [-0.25, -0.2) is 13.2 Å². The van der Waals surface area contributed by atoms with Crippen LogP contribution in [0.2, 0.25) is 0 Å². The van der Waals surface area contributed by atoms with Crippen LogP contribution < -0.4 is 14.8 Å². The number of amides is 1. The molecule has 1 amide bonds. The van der Waals surface area contributed by atoms with Gasteiger partial charge in [0, 0.05) is 24.4 Å². The maximum Gasteiger partial charge on any atom is 0.338 e. The lowest BCUT2D eigenvalue weighted by Crippen LogP contribution is -2.21. The van der Waals surface area contributed by atoms with E-state index in [0.717, 1.165) is 12.7 Å². The zero-order valence-electron chi connectivity index (χ0n) is 15.8. The second kappa shape index (κ2) is 8.95. The van der Waals surface area contributed by atoms with Crippen molar-refractivity contribution in [2.24, 2.45) is 0 Å². The van der Waals surface area contributed by atoms with Crippen LogP contribution in [0.25, 0.3) is 0 Å². The Bertz CT molecular complexity index is 1000. The maximum atomic E-state index is 12.1. The van der Waals surface area contributed by atoms with Gasteiger partial charge < -0.3 is 19.5 Å². The van der Waals surface area contributed by atoms with Crippen LogP contribution in [0.5, 0.6) is 11.5 Å². The van der Waals surface area contributed by atoms with Crippen molar-refractivity contribution in [3.8, 4) is 11.5 Å². The van der Waals surface area contributed by atoms with Crippen molar-refractivity contribution in [3.05, 3.63) is 53.6 Å². The Labute approximate surface area is 168 Å². The van der Waals surface area contributed by atoms with Gasteiger partial charge in [0.05, 0.1) is 24.5 Å². The average molecular weight is 419 g/mol. The van der Waals surface area contributed by atoms with Crippen molar-refractivity contribution < 1.29 is 32.2 Å². The number of rotatable bonds is 6. The average Bonchev–Trinajstić information content (AvgIpc) is 2.90. The third-order valence-electron chi connectivity index (χ3n) is 3.98. The lowest BCUT2D eigenvalue weighted by molar-refractivity contribution is -0.119. The van der Waals surface area contributed by atoms with Gasteiger partial charge in [0.15, 0.2) is 27.9 Å². The highest BCUT2D eigenvalue weighted by Crippen LogP contribution is 2.32. The van der Waals surface area contributed by atoms with E-state index in [9.17, 15) is 18.0 Å². The highest BCUT2D eigenvalue weighted by molar-refractivity contribution is 7.89. The van der Waals surface area contributed by atoms with Gasteiger partial charge >= 0.3 is 5.97 Å². The van der Waals surface area contributed by atoms with Crippen LogP contribution >= 0.6 is 0 Å². The monoisotopic (exact) mass is 419 g/mol. The number of carbonyl (C=O) groups is 2. The predicted octanol–water partition coefficient (Wildman–Crippen LogP) is 2.19. The quantitative estimate of drug-likeness (QED) is 0.715. The first-order chi connectivity index (χ1) is 13.8. The molecular formula is C20H21NO7S. The zero-order valence-corrected chi connectivity index (χ0v) is 16.7. The molecule has 8 nitrogen and oxygen atoms in total. The number of hydrogen-bond donors (Lipinski definition) is 1. The van der Waals surface area contributed by atoms with E-state index < -0.39 is 28.3 Å². The summed E-state index contributed by atoms with van der Waals surface area (Å²) in [5.41, 5.74) is 1.29. The number of benzene rings is 2. The Morgan fingerprint density at radius 1 is 1.03 bits per heavy atom. The van der Waals surface area contributed by atoms with Crippen LogP contribution in [0, 0.1) is 0 Å². The summed E-state index contributed by atoms with van der Waals surface area (Å²) in [5.74, 6) is -0.121. The summed E-state index contributed by atoms with van der Waals surface area (Å²) in [6.45, 7) is 0.646. The van der Waals surface area contributed by atoms with Crippen molar-refractivity contribution in [2.45, 2.75) is 12.2 Å². The lowest BCUT2D eigenvalue weighted by Gasteiger charge is -2.11. The number of esters is 1. The molecule has 0 unspecified atom stereocenters. The number of hydrogen-bond acceptors (Lipinski definition) is 7. The zero-order chi connectivity index (χ0) is 20.9. The first kappa shape index (κ1) is 20.7. The first-order valence-electron chi connectivity index (χ1n) is 8.93. The molecule has 0 fully saturated rings. The summed E-state index contributed by atoms with van der Waals surface area (Å²) in [6.07, 6.45) is 1.92. The Balaban J connectivity index is 1.52. The van der Waals surface area contributed by atoms with Crippen molar-refractivity contribution in [3.63, 3.8) is 0 Å². The van der Waals surface area contributed by atoms with Gasteiger partial charge in [0.1, 0.15) is 0 Å². The van der Waals surface area contributed by atoms with E-state index in [0.29, 0.717) is 36.0 Å². The second-order valence-corrected chi connectivity index (χ2v) is 8.74. The minimum atomic E-state index is -3.16. The fraction of sp³-hybridized carbons (Fsp3) is 0.300. The molecule has 1 heterocycles. The molecule has 0 saturated carbocycles. The molecule has 0 atom stereocenters. The molecule has 0 aromatic heterocycles. The number of fused-ring (bicyclic) bond motifs is 1. The normalized spacial score (nSPS) is 13.3. The maximum absolute atomic E-state index is 12.1. The van der Waals surface area contributed by atoms with E-state index in [1.165, 1.54) is 24.3 Å². The first-order valence-corrected chi connectivity index (χ1v) is 11.0. The summed E-state index contributed by atoms with van der Waals surface area (Å²) in [4.78, 5) is 24.1. The van der Waals surface area contributed by atoms with Crippen LogP contribution in [0.3, 0.4) is 0 Å². The summed E-state index contributed by atoms with van der Waals surface area (Å²) in [5, 5.41) is 2.64. The van der Waals surface area contributed by atoms with E-state index in [1.54, 1.807) is 18.2 Å². The van der Waals surface area contributed by atoms with Gasteiger partial charge in [-0.1, -0.05) is 12.1 Å². The molecule has 1 N–H and O–H groups in total. The molecule has 0 bridgehead atoms. The van der Waals surface area contributed by atoms with E-state index in [4.69, 9.17) is 14.2 Å². The van der Waals surface area contributed by atoms with E-state index in [2.05, 4.69) is 5.32 Å². The van der Waals surface area contributed by atoms with Gasteiger partial charge in [-0.3, -0.25) is 4.79 Å². The van der Waals surface area contributed by atoms with Crippen molar-refractivity contribution >= 4 is 27.4 Å². The molecule has 0 saturated heterocycles. The number of nitrogens with one attached hydrogen (secondary N) is 1. The minimum Gasteiger partial charge on any atom is -0.490 e. The molecule has 2 aromatic carbocycles. The Kier molecular flexibility index (Phi) is 6.38. The molecule has 29 heavy (non-hydrogen) atoms. The highest BCUT2D eigenvalue weighted by Gasteiger charge is 2.14. The lowest BCUT2D eigenvalue weighted by atomic mass is 10.1. The number of ether oxygens (including phenoxy) is 3. The van der Waals surface area contributed by atoms with Crippen LogP contribution in [0.15, 0.2) is 42.5 Å². The van der Waals surface area contributed by atoms with Crippen LogP contribution in [-0.4, -0.2) is 46.4 Å². The third-order valence-corrected chi connectivity index (χ3v) is 4.84. The van der Waals surface area contributed by atoms with E-state index in [-0.39, 0.29) is 11.3 Å². The molecule has 2 aromatic rings. The Morgan fingerprint density at radius 2 is 1.72 bits per heavy atom. The molecule has 9 heteroatoms. The van der Waals surface area contributed by atoms with Crippen LogP contribution in [0.4, 0.5) is 5.69 Å². The topological polar surface area (TPSA) is 108 Å². The number of carbonyl (C=O) groups excluding carboxylic acids is 2. The molecule has 0 aliphatic carbocycles. The van der Waals surface area contributed by atoms with Crippen LogP contribution in [-0.2, 0) is 25.1 Å². The van der Waals surface area contributed by atoms with Crippen molar-refractivity contribution in [1.29, 1.82) is 0 Å². The number of anilines is 1. The molecule has 0 spiro atoms. The smallest absolute Gasteiger partial charge is 0.338 e. The van der Waals surface area contributed by atoms with Gasteiger partial charge in [-0.2, -0.15) is 0 Å². The van der Waals surface area contributed by atoms with E-state index >= 15 is 0 Å². The second-order valence-electron chi connectivity index (χ2n) is 6.60. The fourth-order valence-corrected chi connectivity index (χ4v) is 3.49. The summed E-state index contributed by atoms with van der Waals surface area (Å²) < 4.78 is 38.7. The molecule has 0 radical (unpaired) electrons. The standard InChI is InChI=1S/C20H21NO7S/c1-29(24,25)13-14-3-5-15(6-4-14)20(23)28-12-19(22)21-16-7-8-17-18(11-16)27-10-2-9-26-17/h3-8,11H,2,9-10,12-13H2,1H3,(H,21,22).